The van der Waals surface area contributed by atoms with Crippen molar-refractivity contribution in [2.45, 2.75) is 19.9 Å². The standard InChI is InChI=1S/C19H21N3O3/c1-10-5-15(23)21(4)17-13(10)7-14-11(2)6-16(24)22-12(8-20-3)9-25-19(17)18(14)22/h5-7,12,20H,8-9H2,1-4H3/t12-/m0/s1. The first-order valence-corrected chi connectivity index (χ1v) is 8.40. The van der Waals surface area contributed by atoms with Crippen molar-refractivity contribution >= 4 is 21.8 Å². The van der Waals surface area contributed by atoms with Crippen LogP contribution in [0.3, 0.4) is 0 Å². The van der Waals surface area contributed by atoms with Gasteiger partial charge >= 0.3 is 0 Å². The molecule has 130 valence electrons. The number of hydrogen-bond acceptors (Lipinski definition) is 4. The zero-order chi connectivity index (χ0) is 17.9. The van der Waals surface area contributed by atoms with Crippen molar-refractivity contribution in [3.63, 3.8) is 0 Å². The van der Waals surface area contributed by atoms with Crippen LogP contribution in [0.5, 0.6) is 5.75 Å². The summed E-state index contributed by atoms with van der Waals surface area (Å²) in [6, 6.07) is 5.31. The van der Waals surface area contributed by atoms with Gasteiger partial charge in [0.25, 0.3) is 11.1 Å². The molecule has 0 saturated carbocycles. The Morgan fingerprint density at radius 1 is 1.08 bits per heavy atom. The molecule has 6 nitrogen and oxygen atoms in total. The maximum Gasteiger partial charge on any atom is 0.251 e. The Hall–Kier alpha value is -2.60. The van der Waals surface area contributed by atoms with Gasteiger partial charge in [-0.3, -0.25) is 14.2 Å². The van der Waals surface area contributed by atoms with Crippen LogP contribution < -0.4 is 21.2 Å². The Morgan fingerprint density at radius 2 is 1.72 bits per heavy atom. The Morgan fingerprint density at radius 3 is 2.40 bits per heavy atom. The average molecular weight is 339 g/mol. The molecule has 3 aromatic rings. The smallest absolute Gasteiger partial charge is 0.251 e. The van der Waals surface area contributed by atoms with Crippen LogP contribution in [0.1, 0.15) is 17.2 Å². The molecule has 4 rings (SSSR count). The summed E-state index contributed by atoms with van der Waals surface area (Å²) >= 11 is 0. The highest BCUT2D eigenvalue weighted by atomic mass is 16.5. The van der Waals surface area contributed by atoms with Crippen molar-refractivity contribution in [3.8, 4) is 5.75 Å². The molecule has 0 amide bonds. The summed E-state index contributed by atoms with van der Waals surface area (Å²) in [6.45, 7) is 4.91. The lowest BCUT2D eigenvalue weighted by Crippen LogP contribution is -2.37. The minimum Gasteiger partial charge on any atom is -0.487 e. The fourth-order valence-corrected chi connectivity index (χ4v) is 3.86. The van der Waals surface area contributed by atoms with E-state index in [1.807, 2.05) is 25.5 Å². The van der Waals surface area contributed by atoms with E-state index in [1.54, 1.807) is 23.7 Å². The van der Waals surface area contributed by atoms with Gasteiger partial charge in [-0.05, 0) is 38.1 Å². The lowest BCUT2D eigenvalue weighted by molar-refractivity contribution is 0.233. The molecule has 0 fully saturated rings. The highest BCUT2D eigenvalue weighted by Gasteiger charge is 2.27. The van der Waals surface area contributed by atoms with Crippen LogP contribution in [-0.4, -0.2) is 29.3 Å². The fraction of sp³-hybridized carbons (Fsp3) is 0.368. The first-order chi connectivity index (χ1) is 11.9. The zero-order valence-corrected chi connectivity index (χ0v) is 14.8. The van der Waals surface area contributed by atoms with Crippen LogP contribution >= 0.6 is 0 Å². The normalized spacial score (nSPS) is 16.4. The van der Waals surface area contributed by atoms with Gasteiger partial charge in [0.2, 0.25) is 0 Å². The average Bonchev–Trinajstić information content (AvgIpc) is 2.57. The molecule has 0 unspecified atom stereocenters. The molecular weight excluding hydrogens is 318 g/mol. The van der Waals surface area contributed by atoms with Gasteiger partial charge < -0.3 is 14.6 Å². The van der Waals surface area contributed by atoms with Crippen molar-refractivity contribution in [1.82, 2.24) is 14.5 Å². The van der Waals surface area contributed by atoms with E-state index in [9.17, 15) is 9.59 Å². The Balaban J connectivity index is 2.28. The third kappa shape index (κ3) is 2.14. The highest BCUT2D eigenvalue weighted by Crippen LogP contribution is 2.39. The van der Waals surface area contributed by atoms with E-state index in [0.717, 1.165) is 32.9 Å². The summed E-state index contributed by atoms with van der Waals surface area (Å²) in [7, 11) is 3.60. The number of aromatic nitrogens is 2. The largest absolute Gasteiger partial charge is 0.487 e. The van der Waals surface area contributed by atoms with Crippen LogP contribution in [0.2, 0.25) is 0 Å². The molecule has 25 heavy (non-hydrogen) atoms. The molecule has 1 N–H and O–H groups in total. The molecule has 0 saturated heterocycles. The fourth-order valence-electron chi connectivity index (χ4n) is 3.86. The van der Waals surface area contributed by atoms with Crippen LogP contribution in [0.4, 0.5) is 0 Å². The number of aryl methyl sites for hydroxylation is 3. The second-order valence-corrected chi connectivity index (χ2v) is 6.78. The number of nitrogens with one attached hydrogen (secondary N) is 1. The molecule has 0 spiro atoms. The molecule has 6 heteroatoms. The quantitative estimate of drug-likeness (QED) is 0.721. The predicted octanol–water partition coefficient (Wildman–Crippen LogP) is 1.62. The lowest BCUT2D eigenvalue weighted by Gasteiger charge is -2.30. The topological polar surface area (TPSA) is 65.3 Å². The van der Waals surface area contributed by atoms with Crippen molar-refractivity contribution in [2.24, 2.45) is 7.05 Å². The van der Waals surface area contributed by atoms with Crippen LogP contribution in [-0.2, 0) is 7.05 Å². The van der Waals surface area contributed by atoms with E-state index >= 15 is 0 Å². The summed E-state index contributed by atoms with van der Waals surface area (Å²) < 4.78 is 9.53. The first-order valence-electron chi connectivity index (χ1n) is 8.40. The van der Waals surface area contributed by atoms with Crippen molar-refractivity contribution in [3.05, 3.63) is 50.0 Å². The van der Waals surface area contributed by atoms with Gasteiger partial charge in [0.05, 0.1) is 17.1 Å². The van der Waals surface area contributed by atoms with E-state index in [4.69, 9.17) is 4.74 Å². The number of benzene rings is 1. The van der Waals surface area contributed by atoms with Gasteiger partial charge in [0.15, 0.2) is 5.75 Å². The molecule has 1 atom stereocenters. The third-order valence-electron chi connectivity index (χ3n) is 5.13. The molecule has 1 aliphatic rings. The van der Waals surface area contributed by atoms with Gasteiger partial charge in [-0.25, -0.2) is 0 Å². The summed E-state index contributed by atoms with van der Waals surface area (Å²) in [6.07, 6.45) is 0. The minimum atomic E-state index is -0.0805. The van der Waals surface area contributed by atoms with E-state index in [2.05, 4.69) is 11.4 Å². The van der Waals surface area contributed by atoms with Gasteiger partial charge in [0.1, 0.15) is 6.61 Å². The summed E-state index contributed by atoms with van der Waals surface area (Å²) in [5.41, 5.74) is 3.24. The third-order valence-corrected chi connectivity index (χ3v) is 5.13. The van der Waals surface area contributed by atoms with Gasteiger partial charge in [-0.15, -0.1) is 0 Å². The van der Waals surface area contributed by atoms with Gasteiger partial charge in [0, 0.05) is 36.5 Å². The highest BCUT2D eigenvalue weighted by molar-refractivity contribution is 6.04. The molecular formula is C19H21N3O3. The monoisotopic (exact) mass is 339 g/mol. The zero-order valence-electron chi connectivity index (χ0n) is 14.8. The number of pyridine rings is 2. The maximum atomic E-state index is 12.7. The van der Waals surface area contributed by atoms with E-state index in [-0.39, 0.29) is 17.2 Å². The van der Waals surface area contributed by atoms with Crippen LogP contribution in [0.15, 0.2) is 27.8 Å². The number of likely N-dealkylation sites (N-methyl/N-ethyl adjacent to an activating group) is 1. The second-order valence-electron chi connectivity index (χ2n) is 6.78. The molecule has 3 heterocycles. The molecule has 0 bridgehead atoms. The van der Waals surface area contributed by atoms with E-state index in [0.29, 0.717) is 18.9 Å². The molecule has 1 aromatic carbocycles. The Bertz CT molecular complexity index is 1140. The SMILES string of the molecule is CNC[C@H]1COc2c3c(cc4c(C)cc(=O)n1c24)c(C)cc(=O)n3C. The minimum absolute atomic E-state index is 0.0354. The van der Waals surface area contributed by atoms with Crippen LogP contribution in [0, 0.1) is 13.8 Å². The van der Waals surface area contributed by atoms with Crippen molar-refractivity contribution < 1.29 is 4.74 Å². The summed E-state index contributed by atoms with van der Waals surface area (Å²) in [5.74, 6) is 0.629. The molecule has 2 aromatic heterocycles. The summed E-state index contributed by atoms with van der Waals surface area (Å²) in [5, 5.41) is 5.09. The van der Waals surface area contributed by atoms with Crippen molar-refractivity contribution in [2.75, 3.05) is 20.2 Å². The van der Waals surface area contributed by atoms with Crippen LogP contribution in [0.25, 0.3) is 21.8 Å². The summed E-state index contributed by atoms with van der Waals surface area (Å²) in [4.78, 5) is 25.0. The van der Waals surface area contributed by atoms with Crippen molar-refractivity contribution in [1.29, 1.82) is 0 Å². The molecule has 0 aliphatic carbocycles. The van der Waals surface area contributed by atoms with Gasteiger partial charge in [-0.2, -0.15) is 0 Å². The number of nitrogens with zero attached hydrogens (tertiary/aromatic N) is 2. The number of ether oxygens (including phenoxy) is 1. The number of rotatable bonds is 2. The van der Waals surface area contributed by atoms with E-state index in [1.165, 1.54) is 0 Å². The second kappa shape index (κ2) is 5.46. The Kier molecular flexibility index (Phi) is 3.47. The lowest BCUT2D eigenvalue weighted by atomic mass is 10.0. The first kappa shape index (κ1) is 15.9. The predicted molar refractivity (Wildman–Crippen MR) is 98.9 cm³/mol. The molecule has 0 radical (unpaired) electrons. The number of fused-ring (bicyclic) bond motifs is 2. The number of hydrogen-bond donors (Lipinski definition) is 1. The van der Waals surface area contributed by atoms with E-state index < -0.39 is 0 Å². The van der Waals surface area contributed by atoms with Gasteiger partial charge in [-0.1, -0.05) is 0 Å². The Labute approximate surface area is 144 Å². The molecule has 1 aliphatic heterocycles. The maximum absolute atomic E-state index is 12.7.